The minimum atomic E-state index is 0.413. The summed E-state index contributed by atoms with van der Waals surface area (Å²) >= 11 is 1.70. The van der Waals surface area contributed by atoms with Crippen LogP contribution in [-0.2, 0) is 4.84 Å². The molecule has 0 aliphatic heterocycles. The first-order chi connectivity index (χ1) is 4.84. The Kier molecular flexibility index (Phi) is 2.86. The second kappa shape index (κ2) is 3.71. The van der Waals surface area contributed by atoms with Crippen molar-refractivity contribution in [3.8, 4) is 0 Å². The average Bonchev–Trinajstić information content (AvgIpc) is 2.38. The van der Waals surface area contributed by atoms with Crippen LogP contribution in [0.15, 0.2) is 16.8 Å². The summed E-state index contributed by atoms with van der Waals surface area (Å²) in [4.78, 5) is 4.53. The molecule has 1 heterocycles. The van der Waals surface area contributed by atoms with Crippen LogP contribution in [-0.4, -0.2) is 6.61 Å². The Morgan fingerprint density at radius 2 is 2.60 bits per heavy atom. The SMILES string of the molecule is CC(CON)c1ccsc1. The third-order valence-electron chi connectivity index (χ3n) is 1.46. The highest BCUT2D eigenvalue weighted by Crippen LogP contribution is 2.17. The lowest BCUT2D eigenvalue weighted by Gasteiger charge is -2.05. The van der Waals surface area contributed by atoms with Gasteiger partial charge in [0.05, 0.1) is 6.61 Å². The van der Waals surface area contributed by atoms with E-state index in [1.165, 1.54) is 5.56 Å². The molecule has 1 rings (SSSR count). The van der Waals surface area contributed by atoms with Crippen molar-refractivity contribution in [2.24, 2.45) is 5.90 Å². The van der Waals surface area contributed by atoms with E-state index in [4.69, 9.17) is 5.90 Å². The molecule has 0 amide bonds. The summed E-state index contributed by atoms with van der Waals surface area (Å²) in [6.45, 7) is 2.69. The first-order valence-corrected chi connectivity index (χ1v) is 4.12. The van der Waals surface area contributed by atoms with Crippen LogP contribution in [0.4, 0.5) is 0 Å². The Bertz CT molecular complexity index is 174. The van der Waals surface area contributed by atoms with Crippen LogP contribution >= 0.6 is 11.3 Å². The predicted molar refractivity (Wildman–Crippen MR) is 42.9 cm³/mol. The van der Waals surface area contributed by atoms with E-state index in [0.29, 0.717) is 12.5 Å². The van der Waals surface area contributed by atoms with Crippen LogP contribution in [0.1, 0.15) is 18.4 Å². The van der Waals surface area contributed by atoms with E-state index < -0.39 is 0 Å². The summed E-state index contributed by atoms with van der Waals surface area (Å²) in [6.07, 6.45) is 0. The summed E-state index contributed by atoms with van der Waals surface area (Å²) < 4.78 is 0. The highest BCUT2D eigenvalue weighted by atomic mass is 32.1. The van der Waals surface area contributed by atoms with Crippen LogP contribution in [0.2, 0.25) is 0 Å². The zero-order chi connectivity index (χ0) is 7.40. The van der Waals surface area contributed by atoms with E-state index in [1.807, 2.05) is 0 Å². The first-order valence-electron chi connectivity index (χ1n) is 3.18. The van der Waals surface area contributed by atoms with Crippen LogP contribution in [0.3, 0.4) is 0 Å². The summed E-state index contributed by atoms with van der Waals surface area (Å²) in [5.41, 5.74) is 1.30. The van der Waals surface area contributed by atoms with Crippen molar-refractivity contribution >= 4 is 11.3 Å². The van der Waals surface area contributed by atoms with E-state index in [0.717, 1.165) is 0 Å². The van der Waals surface area contributed by atoms with E-state index in [2.05, 4.69) is 28.6 Å². The van der Waals surface area contributed by atoms with Gasteiger partial charge in [0.2, 0.25) is 0 Å². The van der Waals surface area contributed by atoms with Gasteiger partial charge in [0.25, 0.3) is 0 Å². The van der Waals surface area contributed by atoms with Gasteiger partial charge >= 0.3 is 0 Å². The van der Waals surface area contributed by atoms with Gasteiger partial charge in [-0.25, -0.2) is 5.90 Å². The van der Waals surface area contributed by atoms with Gasteiger partial charge in [0.15, 0.2) is 0 Å². The molecule has 1 unspecified atom stereocenters. The van der Waals surface area contributed by atoms with Crippen molar-refractivity contribution in [1.29, 1.82) is 0 Å². The summed E-state index contributed by atoms with van der Waals surface area (Å²) in [7, 11) is 0. The molecule has 0 aromatic carbocycles. The molecular formula is C7H11NOS. The molecule has 1 atom stereocenters. The van der Waals surface area contributed by atoms with Crippen molar-refractivity contribution in [1.82, 2.24) is 0 Å². The van der Waals surface area contributed by atoms with Crippen LogP contribution in [0.25, 0.3) is 0 Å². The molecule has 0 saturated heterocycles. The van der Waals surface area contributed by atoms with Gasteiger partial charge in [0, 0.05) is 5.92 Å². The minimum Gasteiger partial charge on any atom is -0.304 e. The number of rotatable bonds is 3. The van der Waals surface area contributed by atoms with Gasteiger partial charge in [-0.2, -0.15) is 11.3 Å². The Balaban J connectivity index is 2.50. The lowest BCUT2D eigenvalue weighted by atomic mass is 10.1. The van der Waals surface area contributed by atoms with Crippen molar-refractivity contribution in [3.05, 3.63) is 22.4 Å². The van der Waals surface area contributed by atoms with Gasteiger partial charge < -0.3 is 4.84 Å². The van der Waals surface area contributed by atoms with Crippen LogP contribution in [0, 0.1) is 0 Å². The fraction of sp³-hybridized carbons (Fsp3) is 0.429. The van der Waals surface area contributed by atoms with Gasteiger partial charge in [0.1, 0.15) is 0 Å². The Labute approximate surface area is 64.6 Å². The average molecular weight is 157 g/mol. The maximum absolute atomic E-state index is 4.94. The molecule has 0 fully saturated rings. The molecule has 2 N–H and O–H groups in total. The Morgan fingerprint density at radius 1 is 1.80 bits per heavy atom. The molecule has 0 spiro atoms. The molecule has 0 saturated carbocycles. The van der Waals surface area contributed by atoms with Gasteiger partial charge in [-0.15, -0.1) is 0 Å². The third-order valence-corrected chi connectivity index (χ3v) is 2.16. The lowest BCUT2D eigenvalue weighted by molar-refractivity contribution is 0.127. The fourth-order valence-corrected chi connectivity index (χ4v) is 1.58. The minimum absolute atomic E-state index is 0.413. The topological polar surface area (TPSA) is 35.2 Å². The van der Waals surface area contributed by atoms with Crippen molar-refractivity contribution < 1.29 is 4.84 Å². The van der Waals surface area contributed by atoms with Crippen molar-refractivity contribution in [3.63, 3.8) is 0 Å². The molecule has 0 radical (unpaired) electrons. The van der Waals surface area contributed by atoms with Gasteiger partial charge in [-0.3, -0.25) is 0 Å². The molecule has 3 heteroatoms. The third kappa shape index (κ3) is 1.80. The largest absolute Gasteiger partial charge is 0.304 e. The highest BCUT2D eigenvalue weighted by molar-refractivity contribution is 7.07. The lowest BCUT2D eigenvalue weighted by Crippen LogP contribution is -2.07. The quantitative estimate of drug-likeness (QED) is 0.678. The standard InChI is InChI=1S/C7H11NOS/c1-6(4-9-8)7-2-3-10-5-7/h2-3,5-6H,4,8H2,1H3. The molecule has 0 aliphatic carbocycles. The van der Waals surface area contributed by atoms with Gasteiger partial charge in [-0.1, -0.05) is 6.92 Å². The molecule has 0 bridgehead atoms. The van der Waals surface area contributed by atoms with E-state index in [1.54, 1.807) is 11.3 Å². The maximum Gasteiger partial charge on any atom is 0.0745 e. The zero-order valence-electron chi connectivity index (χ0n) is 5.91. The zero-order valence-corrected chi connectivity index (χ0v) is 6.73. The van der Waals surface area contributed by atoms with Crippen LogP contribution < -0.4 is 5.90 Å². The van der Waals surface area contributed by atoms with E-state index in [9.17, 15) is 0 Å². The van der Waals surface area contributed by atoms with Crippen molar-refractivity contribution in [2.75, 3.05) is 6.61 Å². The summed E-state index contributed by atoms with van der Waals surface area (Å²) in [5.74, 6) is 5.35. The second-order valence-corrected chi connectivity index (χ2v) is 3.07. The number of nitrogens with two attached hydrogens (primary N) is 1. The molecule has 10 heavy (non-hydrogen) atoms. The van der Waals surface area contributed by atoms with E-state index >= 15 is 0 Å². The Morgan fingerprint density at radius 3 is 3.10 bits per heavy atom. The smallest absolute Gasteiger partial charge is 0.0745 e. The first kappa shape index (κ1) is 7.72. The Hall–Kier alpha value is -0.380. The summed E-state index contributed by atoms with van der Waals surface area (Å²) in [5, 5.41) is 4.17. The molecule has 56 valence electrons. The molecule has 1 aromatic rings. The molecular weight excluding hydrogens is 146 g/mol. The second-order valence-electron chi connectivity index (χ2n) is 2.29. The normalized spacial score (nSPS) is 13.4. The monoisotopic (exact) mass is 157 g/mol. The van der Waals surface area contributed by atoms with Crippen molar-refractivity contribution in [2.45, 2.75) is 12.8 Å². The number of thiophene rings is 1. The summed E-state index contributed by atoms with van der Waals surface area (Å²) in [6, 6.07) is 2.09. The highest BCUT2D eigenvalue weighted by Gasteiger charge is 2.03. The van der Waals surface area contributed by atoms with E-state index in [-0.39, 0.29) is 0 Å². The molecule has 0 aliphatic rings. The maximum atomic E-state index is 4.94. The van der Waals surface area contributed by atoms with Gasteiger partial charge in [-0.05, 0) is 22.4 Å². The number of hydrogen-bond acceptors (Lipinski definition) is 3. The molecule has 2 nitrogen and oxygen atoms in total. The number of hydrogen-bond donors (Lipinski definition) is 1. The fourth-order valence-electron chi connectivity index (χ4n) is 0.796. The molecule has 1 aromatic heterocycles. The van der Waals surface area contributed by atoms with Crippen LogP contribution in [0.5, 0.6) is 0 Å². The predicted octanol–water partition coefficient (Wildman–Crippen LogP) is 1.74.